The number of imidazole rings is 1. The highest BCUT2D eigenvalue weighted by Crippen LogP contribution is 2.35. The van der Waals surface area contributed by atoms with Gasteiger partial charge in [-0.15, -0.1) is 10.2 Å². The number of hydrogen-bond acceptors (Lipinski definition) is 6. The van der Waals surface area contributed by atoms with Crippen molar-refractivity contribution in [2.45, 2.75) is 11.3 Å². The number of pyridine rings is 1. The maximum Gasteiger partial charge on any atom is 0.291 e. The molecule has 0 atom stereocenters. The number of rotatable bonds is 3. The maximum atomic E-state index is 12.7. The molecule has 23 heavy (non-hydrogen) atoms. The Kier molecular flexibility index (Phi) is 4.46. The Morgan fingerprint density at radius 3 is 2.61 bits per heavy atom. The lowest BCUT2D eigenvalue weighted by Gasteiger charge is -2.03. The molecule has 0 radical (unpaired) electrons. The van der Waals surface area contributed by atoms with Crippen LogP contribution in [-0.2, 0) is 8.27 Å². The van der Waals surface area contributed by atoms with E-state index >= 15 is 0 Å². The van der Waals surface area contributed by atoms with Gasteiger partial charge in [0, 0.05) is 6.20 Å². The van der Waals surface area contributed by atoms with Gasteiger partial charge in [0.15, 0.2) is 15.8 Å². The molecule has 0 amide bonds. The third kappa shape index (κ3) is 3.14. The standard InChI is InChI=1S/C10H3Br2ClF2N4O2S2/c11-6-5-4(13)1-3(23(12,20)21)2-19(5)8(16-6)10-18-17-9(22-10)7(14)15/h1-2,7H. The molecule has 13 heteroatoms. The fraction of sp³-hybridized carbons (Fsp3) is 0.100. The molecule has 3 heterocycles. The van der Waals surface area contributed by atoms with Crippen molar-refractivity contribution in [3.8, 4) is 10.8 Å². The summed E-state index contributed by atoms with van der Waals surface area (Å²) in [7, 11) is -3.70. The third-order valence-electron chi connectivity index (χ3n) is 2.72. The lowest BCUT2D eigenvalue weighted by atomic mass is 10.4. The van der Waals surface area contributed by atoms with E-state index in [2.05, 4.69) is 45.9 Å². The number of aromatic nitrogens is 4. The zero-order valence-corrected chi connectivity index (χ0v) is 16.1. The first-order chi connectivity index (χ1) is 10.7. The van der Waals surface area contributed by atoms with Crippen molar-refractivity contribution in [2.24, 2.45) is 0 Å². The molecule has 6 nitrogen and oxygen atoms in total. The van der Waals surface area contributed by atoms with Gasteiger partial charge in [-0.2, -0.15) is 0 Å². The molecule has 3 aromatic rings. The summed E-state index contributed by atoms with van der Waals surface area (Å²) < 4.78 is 50.3. The molecule has 0 aliphatic heterocycles. The molecule has 3 aromatic heterocycles. The lowest BCUT2D eigenvalue weighted by Crippen LogP contribution is -1.96. The molecule has 0 aliphatic rings. The number of nitrogens with zero attached hydrogens (tertiary/aromatic N) is 4. The van der Waals surface area contributed by atoms with Crippen LogP contribution >= 0.6 is 53.7 Å². The summed E-state index contributed by atoms with van der Waals surface area (Å²) in [4.78, 5) is 4.05. The van der Waals surface area contributed by atoms with E-state index in [1.165, 1.54) is 16.7 Å². The van der Waals surface area contributed by atoms with Gasteiger partial charge >= 0.3 is 0 Å². The molecular weight excluding hydrogens is 506 g/mol. The molecule has 0 fully saturated rings. The third-order valence-corrected chi connectivity index (χ3v) is 6.40. The first-order valence-electron chi connectivity index (χ1n) is 5.62. The van der Waals surface area contributed by atoms with Crippen molar-refractivity contribution in [3.63, 3.8) is 0 Å². The highest BCUT2D eigenvalue weighted by Gasteiger charge is 2.22. The van der Waals surface area contributed by atoms with Gasteiger partial charge in [0.25, 0.3) is 6.43 Å². The van der Waals surface area contributed by atoms with Crippen LogP contribution in [-0.4, -0.2) is 28.0 Å². The van der Waals surface area contributed by atoms with Gasteiger partial charge in [-0.1, -0.05) is 22.9 Å². The summed E-state index contributed by atoms with van der Waals surface area (Å²) in [5, 5.41) is 6.84. The zero-order valence-electron chi connectivity index (χ0n) is 10.5. The largest absolute Gasteiger partial charge is 0.294 e. The fourth-order valence-electron chi connectivity index (χ4n) is 1.80. The molecule has 0 saturated carbocycles. The smallest absolute Gasteiger partial charge is 0.291 e. The quantitative estimate of drug-likeness (QED) is 0.494. The average molecular weight is 509 g/mol. The summed E-state index contributed by atoms with van der Waals surface area (Å²) in [6.45, 7) is 0. The predicted octanol–water partition coefficient (Wildman–Crippen LogP) is 4.29. The monoisotopic (exact) mass is 506 g/mol. The van der Waals surface area contributed by atoms with Crippen LogP contribution in [0.4, 0.5) is 8.78 Å². The predicted molar refractivity (Wildman–Crippen MR) is 87.9 cm³/mol. The van der Waals surface area contributed by atoms with E-state index in [1.54, 1.807) is 0 Å². The SMILES string of the molecule is O=S(=O)(Br)c1cc(Cl)c2c(Br)nc(-c3nnc(C(F)F)s3)n2c1. The van der Waals surface area contributed by atoms with Crippen LogP contribution in [0.15, 0.2) is 21.8 Å². The molecular formula is C10H3Br2ClF2N4O2S2. The second-order valence-electron chi connectivity index (χ2n) is 4.15. The Bertz CT molecular complexity index is 1020. The Morgan fingerprint density at radius 2 is 2.04 bits per heavy atom. The summed E-state index contributed by atoms with van der Waals surface area (Å²) in [6.07, 6.45) is -1.49. The van der Waals surface area contributed by atoms with Crippen LogP contribution in [0.25, 0.3) is 16.3 Å². The molecule has 0 saturated heterocycles. The van der Waals surface area contributed by atoms with Crippen molar-refractivity contribution < 1.29 is 17.2 Å². The first-order valence-corrected chi connectivity index (χ1v) is 10.9. The number of hydrogen-bond donors (Lipinski definition) is 0. The molecule has 0 aliphatic carbocycles. The van der Waals surface area contributed by atoms with E-state index in [-0.39, 0.29) is 20.8 Å². The Morgan fingerprint density at radius 1 is 1.35 bits per heavy atom. The van der Waals surface area contributed by atoms with E-state index in [0.717, 1.165) is 0 Å². The van der Waals surface area contributed by atoms with Gasteiger partial charge in [0.2, 0.25) is 8.27 Å². The highest BCUT2D eigenvalue weighted by atomic mass is 79.9. The van der Waals surface area contributed by atoms with Crippen molar-refractivity contribution in [3.05, 3.63) is 26.9 Å². The summed E-state index contributed by atoms with van der Waals surface area (Å²) in [6, 6.07) is 1.25. The summed E-state index contributed by atoms with van der Waals surface area (Å²) in [5.41, 5.74) is 0.385. The summed E-state index contributed by atoms with van der Waals surface area (Å²) >= 11 is 12.5. The zero-order chi connectivity index (χ0) is 16.9. The van der Waals surface area contributed by atoms with Gasteiger partial charge in [-0.25, -0.2) is 22.2 Å². The topological polar surface area (TPSA) is 77.2 Å². The van der Waals surface area contributed by atoms with Crippen LogP contribution < -0.4 is 0 Å². The highest BCUT2D eigenvalue weighted by molar-refractivity contribution is 9.47. The van der Waals surface area contributed by atoms with Crippen LogP contribution in [0.2, 0.25) is 5.02 Å². The molecule has 3 rings (SSSR count). The minimum absolute atomic E-state index is 0.111. The minimum Gasteiger partial charge on any atom is -0.294 e. The Balaban J connectivity index is 2.30. The molecule has 0 bridgehead atoms. The summed E-state index contributed by atoms with van der Waals surface area (Å²) in [5.74, 6) is 0.149. The van der Waals surface area contributed by atoms with E-state index in [9.17, 15) is 17.2 Å². The Labute approximate surface area is 152 Å². The Hall–Kier alpha value is -0.690. The second kappa shape index (κ2) is 5.99. The van der Waals surface area contributed by atoms with E-state index in [0.29, 0.717) is 21.5 Å². The number of halogens is 5. The van der Waals surface area contributed by atoms with Gasteiger partial charge in [0.05, 0.1) is 30.2 Å². The van der Waals surface area contributed by atoms with Crippen LogP contribution in [0.5, 0.6) is 0 Å². The lowest BCUT2D eigenvalue weighted by molar-refractivity contribution is 0.150. The maximum absolute atomic E-state index is 12.7. The van der Waals surface area contributed by atoms with Gasteiger partial charge in [-0.3, -0.25) is 4.40 Å². The van der Waals surface area contributed by atoms with Crippen LogP contribution in [0.1, 0.15) is 11.4 Å². The van der Waals surface area contributed by atoms with Gasteiger partial charge in [-0.05, 0) is 22.0 Å². The molecule has 0 aromatic carbocycles. The number of alkyl halides is 2. The van der Waals surface area contributed by atoms with Gasteiger partial charge in [0.1, 0.15) is 4.60 Å². The van der Waals surface area contributed by atoms with Crippen LogP contribution in [0.3, 0.4) is 0 Å². The molecule has 122 valence electrons. The van der Waals surface area contributed by atoms with Crippen molar-refractivity contribution >= 4 is 67.5 Å². The molecule has 0 unspecified atom stereocenters. The first kappa shape index (κ1) is 17.1. The van der Waals surface area contributed by atoms with E-state index < -0.39 is 19.7 Å². The van der Waals surface area contributed by atoms with Crippen molar-refractivity contribution in [1.29, 1.82) is 0 Å². The second-order valence-corrected chi connectivity index (χ2v) is 10.2. The van der Waals surface area contributed by atoms with Gasteiger partial charge < -0.3 is 0 Å². The van der Waals surface area contributed by atoms with E-state index in [4.69, 9.17) is 11.6 Å². The molecule has 0 N–H and O–H groups in total. The average Bonchev–Trinajstić information content (AvgIpc) is 3.02. The molecule has 0 spiro atoms. The fourth-order valence-corrected chi connectivity index (χ4v) is 4.56. The normalized spacial score (nSPS) is 12.4. The van der Waals surface area contributed by atoms with Crippen molar-refractivity contribution in [1.82, 2.24) is 19.6 Å². The van der Waals surface area contributed by atoms with Crippen LogP contribution in [0, 0.1) is 0 Å². The van der Waals surface area contributed by atoms with E-state index in [1.807, 2.05) is 0 Å². The minimum atomic E-state index is -3.70. The number of fused-ring (bicyclic) bond motifs is 1. The van der Waals surface area contributed by atoms with Crippen molar-refractivity contribution in [2.75, 3.05) is 0 Å².